The summed E-state index contributed by atoms with van der Waals surface area (Å²) in [5, 5.41) is 11.2. The van der Waals surface area contributed by atoms with Gasteiger partial charge in [0.1, 0.15) is 17.8 Å². The maximum absolute atomic E-state index is 13.3. The Bertz CT molecular complexity index is 1100. The molecule has 1 amide bonds. The number of nitrogens with one attached hydrogen (secondary N) is 1. The molecule has 0 saturated heterocycles. The van der Waals surface area contributed by atoms with Crippen LogP contribution in [0.2, 0.25) is 0 Å². The number of hydrogen-bond acceptors (Lipinski definition) is 5. The van der Waals surface area contributed by atoms with Gasteiger partial charge in [-0.25, -0.2) is 13.8 Å². The van der Waals surface area contributed by atoms with Crippen LogP contribution < -0.4 is 5.32 Å². The predicted octanol–water partition coefficient (Wildman–Crippen LogP) is 3.64. The van der Waals surface area contributed by atoms with Crippen molar-refractivity contribution in [3.8, 4) is 11.5 Å². The van der Waals surface area contributed by atoms with Gasteiger partial charge in [0.2, 0.25) is 0 Å². The number of carbonyl (C=O) groups is 1. The van der Waals surface area contributed by atoms with E-state index in [0.29, 0.717) is 35.1 Å². The summed E-state index contributed by atoms with van der Waals surface area (Å²) >= 11 is 0. The van der Waals surface area contributed by atoms with Gasteiger partial charge in [0.05, 0.1) is 11.3 Å². The smallest absolute Gasteiger partial charge is 0.256 e. The van der Waals surface area contributed by atoms with E-state index in [-0.39, 0.29) is 24.8 Å². The first-order chi connectivity index (χ1) is 13.9. The minimum Gasteiger partial charge on any atom is -0.340 e. The van der Waals surface area contributed by atoms with E-state index < -0.39 is 5.92 Å². The molecule has 1 fully saturated rings. The van der Waals surface area contributed by atoms with Crippen LogP contribution in [0.15, 0.2) is 42.7 Å². The highest BCUT2D eigenvalue weighted by atomic mass is 19.3. The summed E-state index contributed by atoms with van der Waals surface area (Å²) in [5.74, 6) is -1.68. The molecule has 0 atom stereocenters. The van der Waals surface area contributed by atoms with Crippen LogP contribution in [0.25, 0.3) is 11.5 Å². The van der Waals surface area contributed by atoms with Crippen molar-refractivity contribution in [2.24, 2.45) is 0 Å². The van der Waals surface area contributed by atoms with Crippen LogP contribution in [0.1, 0.15) is 34.8 Å². The average molecular weight is 396 g/mol. The van der Waals surface area contributed by atoms with Gasteiger partial charge >= 0.3 is 0 Å². The van der Waals surface area contributed by atoms with Crippen molar-refractivity contribution in [2.45, 2.75) is 31.4 Å². The standard InChI is InChI=1S/C20H18F2N6O/c1-27-10-12-4-2-5-14(17(12)19(27)29)24-16-7-3-6-15(25-16)18-26-23-11-28(18)13-8-20(21,22)9-13/h2-7,11,13H,8-10H2,1H3,(H,24,25). The number of rotatable bonds is 4. The molecule has 0 unspecified atom stereocenters. The van der Waals surface area contributed by atoms with Gasteiger partial charge in [-0.2, -0.15) is 0 Å². The van der Waals surface area contributed by atoms with Crippen LogP contribution in [-0.2, 0) is 6.54 Å². The Labute approximate surface area is 165 Å². The van der Waals surface area contributed by atoms with Crippen molar-refractivity contribution in [3.05, 3.63) is 53.9 Å². The van der Waals surface area contributed by atoms with Crippen LogP contribution in [-0.4, -0.2) is 43.5 Å². The van der Waals surface area contributed by atoms with E-state index in [1.165, 1.54) is 6.33 Å². The number of benzene rings is 1. The minimum atomic E-state index is -2.63. The van der Waals surface area contributed by atoms with Gasteiger partial charge < -0.3 is 14.8 Å². The topological polar surface area (TPSA) is 75.9 Å². The van der Waals surface area contributed by atoms with Gasteiger partial charge in [0.25, 0.3) is 11.8 Å². The lowest BCUT2D eigenvalue weighted by molar-refractivity contribution is -0.103. The third kappa shape index (κ3) is 3.02. The summed E-state index contributed by atoms with van der Waals surface area (Å²) in [4.78, 5) is 18.7. The quantitative estimate of drug-likeness (QED) is 0.729. The summed E-state index contributed by atoms with van der Waals surface area (Å²) in [6.45, 7) is 0.576. The zero-order chi connectivity index (χ0) is 20.2. The number of hydrogen-bond donors (Lipinski definition) is 1. The van der Waals surface area contributed by atoms with Crippen LogP contribution in [0.3, 0.4) is 0 Å². The third-order valence-electron chi connectivity index (χ3n) is 5.39. The van der Waals surface area contributed by atoms with E-state index in [0.717, 1.165) is 5.56 Å². The highest BCUT2D eigenvalue weighted by Crippen LogP contribution is 2.46. The van der Waals surface area contributed by atoms with Gasteiger partial charge in [-0.05, 0) is 23.8 Å². The number of anilines is 2. The SMILES string of the molecule is CN1Cc2cccc(Nc3cccc(-c4nncn4C4CC(F)(F)C4)n3)c2C1=O. The monoisotopic (exact) mass is 396 g/mol. The fourth-order valence-corrected chi connectivity index (χ4v) is 3.89. The van der Waals surface area contributed by atoms with Gasteiger partial charge in [0.15, 0.2) is 5.82 Å². The molecule has 1 saturated carbocycles. The molecule has 0 bridgehead atoms. The molecule has 3 aromatic rings. The molecule has 0 spiro atoms. The molecule has 7 nitrogen and oxygen atoms in total. The largest absolute Gasteiger partial charge is 0.340 e. The first kappa shape index (κ1) is 17.7. The lowest BCUT2D eigenvalue weighted by atomic mass is 9.88. The number of aromatic nitrogens is 4. The fraction of sp³-hybridized carbons (Fsp3) is 0.300. The Hall–Kier alpha value is -3.36. The Balaban J connectivity index is 1.44. The van der Waals surface area contributed by atoms with E-state index >= 15 is 0 Å². The fourth-order valence-electron chi connectivity index (χ4n) is 3.89. The van der Waals surface area contributed by atoms with Crippen molar-refractivity contribution in [2.75, 3.05) is 12.4 Å². The van der Waals surface area contributed by atoms with Gasteiger partial charge in [-0.3, -0.25) is 4.79 Å². The Morgan fingerprint density at radius 2 is 1.97 bits per heavy atom. The zero-order valence-corrected chi connectivity index (χ0v) is 15.6. The Morgan fingerprint density at radius 1 is 1.17 bits per heavy atom. The minimum absolute atomic E-state index is 0.0371. The molecule has 29 heavy (non-hydrogen) atoms. The van der Waals surface area contributed by atoms with Crippen molar-refractivity contribution in [1.82, 2.24) is 24.6 Å². The van der Waals surface area contributed by atoms with Crippen molar-refractivity contribution in [1.29, 1.82) is 0 Å². The number of halogens is 2. The molecule has 1 aliphatic carbocycles. The second kappa shape index (κ2) is 6.33. The van der Waals surface area contributed by atoms with Crippen LogP contribution >= 0.6 is 0 Å². The summed E-state index contributed by atoms with van der Waals surface area (Å²) in [6, 6.07) is 10.7. The lowest BCUT2D eigenvalue weighted by Crippen LogP contribution is -2.37. The van der Waals surface area contributed by atoms with Crippen molar-refractivity contribution >= 4 is 17.4 Å². The third-order valence-corrected chi connectivity index (χ3v) is 5.39. The van der Waals surface area contributed by atoms with E-state index in [9.17, 15) is 13.6 Å². The Morgan fingerprint density at radius 3 is 2.76 bits per heavy atom. The molecular weight excluding hydrogens is 378 g/mol. The van der Waals surface area contributed by atoms with Crippen LogP contribution in [0, 0.1) is 0 Å². The van der Waals surface area contributed by atoms with Gasteiger partial charge in [-0.1, -0.05) is 18.2 Å². The average Bonchev–Trinajstić information content (AvgIpc) is 3.26. The molecular formula is C20H18F2N6O. The highest BCUT2D eigenvalue weighted by Gasteiger charge is 2.47. The maximum Gasteiger partial charge on any atom is 0.256 e. The zero-order valence-electron chi connectivity index (χ0n) is 15.6. The summed E-state index contributed by atoms with van der Waals surface area (Å²) in [7, 11) is 1.77. The van der Waals surface area contributed by atoms with E-state index in [4.69, 9.17) is 0 Å². The lowest BCUT2D eigenvalue weighted by Gasteiger charge is -2.35. The van der Waals surface area contributed by atoms with Crippen LogP contribution in [0.4, 0.5) is 20.3 Å². The number of amides is 1. The first-order valence-electron chi connectivity index (χ1n) is 9.30. The second-order valence-electron chi connectivity index (χ2n) is 7.51. The molecule has 148 valence electrons. The van der Waals surface area contributed by atoms with Gasteiger partial charge in [0, 0.05) is 32.5 Å². The van der Waals surface area contributed by atoms with Crippen molar-refractivity contribution < 1.29 is 13.6 Å². The Kier molecular flexibility index (Phi) is 3.87. The molecule has 2 aromatic heterocycles. The van der Waals surface area contributed by atoms with Crippen LogP contribution in [0.5, 0.6) is 0 Å². The summed E-state index contributed by atoms with van der Waals surface area (Å²) in [5.41, 5.74) is 2.81. The number of nitrogens with zero attached hydrogens (tertiary/aromatic N) is 5. The summed E-state index contributed by atoms with van der Waals surface area (Å²) in [6.07, 6.45) is 1.03. The number of fused-ring (bicyclic) bond motifs is 1. The molecule has 1 N–H and O–H groups in total. The van der Waals surface area contributed by atoms with E-state index in [1.54, 1.807) is 34.7 Å². The summed E-state index contributed by atoms with van der Waals surface area (Å²) < 4.78 is 28.2. The number of pyridine rings is 1. The van der Waals surface area contributed by atoms with E-state index in [1.807, 2.05) is 18.2 Å². The number of carbonyl (C=O) groups excluding carboxylic acids is 1. The molecule has 1 aliphatic heterocycles. The predicted molar refractivity (Wildman–Crippen MR) is 102 cm³/mol. The molecule has 5 rings (SSSR count). The van der Waals surface area contributed by atoms with Gasteiger partial charge in [-0.15, -0.1) is 10.2 Å². The van der Waals surface area contributed by atoms with E-state index in [2.05, 4.69) is 20.5 Å². The normalized spacial score (nSPS) is 17.9. The molecule has 9 heteroatoms. The number of alkyl halides is 2. The molecule has 2 aliphatic rings. The highest BCUT2D eigenvalue weighted by molar-refractivity contribution is 6.03. The first-order valence-corrected chi connectivity index (χ1v) is 9.30. The second-order valence-corrected chi connectivity index (χ2v) is 7.51. The molecule has 1 aromatic carbocycles. The molecule has 3 heterocycles. The van der Waals surface area contributed by atoms with Crippen molar-refractivity contribution in [3.63, 3.8) is 0 Å². The molecule has 0 radical (unpaired) electrons. The maximum atomic E-state index is 13.3.